The fraction of sp³-hybridized carbons (Fsp3) is 0.833. The fourth-order valence-electron chi connectivity index (χ4n) is 2.13. The second kappa shape index (κ2) is 6.71. The maximum Gasteiger partial charge on any atom is 0.0771 e. The van der Waals surface area contributed by atoms with Gasteiger partial charge in [0.2, 0.25) is 0 Å². The molecule has 1 aromatic heterocycles. The lowest BCUT2D eigenvalue weighted by Gasteiger charge is -2.27. The first-order valence-corrected chi connectivity index (χ1v) is 6.38. The lowest BCUT2D eigenvalue weighted by atomic mass is 9.92. The Hall–Kier alpha value is -0.940. The molecule has 0 aromatic carbocycles. The third kappa shape index (κ3) is 4.44. The lowest BCUT2D eigenvalue weighted by Crippen LogP contribution is -2.40. The molecule has 1 aromatic rings. The Labute approximate surface area is 103 Å². The van der Waals surface area contributed by atoms with Crippen LogP contribution in [0.25, 0.3) is 0 Å². The van der Waals surface area contributed by atoms with Crippen LogP contribution in [0.1, 0.15) is 45.2 Å². The van der Waals surface area contributed by atoms with E-state index in [1.54, 1.807) is 10.9 Å². The zero-order chi connectivity index (χ0) is 12.7. The smallest absolute Gasteiger partial charge is 0.0771 e. The van der Waals surface area contributed by atoms with Crippen LogP contribution in [0.5, 0.6) is 0 Å². The minimum Gasteiger partial charge on any atom is -0.389 e. The second-order valence-corrected chi connectivity index (χ2v) is 4.68. The molecule has 1 rings (SSSR count). The van der Waals surface area contributed by atoms with Crippen molar-refractivity contribution >= 4 is 0 Å². The Morgan fingerprint density at radius 1 is 1.35 bits per heavy atom. The zero-order valence-electron chi connectivity index (χ0n) is 11.1. The van der Waals surface area contributed by atoms with Gasteiger partial charge in [0, 0.05) is 20.1 Å². The summed E-state index contributed by atoms with van der Waals surface area (Å²) in [6.07, 6.45) is 5.44. The topological polar surface area (TPSA) is 63.0 Å². The number of aliphatic hydroxyl groups is 1. The minimum atomic E-state index is -0.574. The van der Waals surface area contributed by atoms with Gasteiger partial charge in [0.1, 0.15) is 0 Å². The monoisotopic (exact) mass is 240 g/mol. The summed E-state index contributed by atoms with van der Waals surface area (Å²) < 4.78 is 1.74. The lowest BCUT2D eigenvalue weighted by molar-refractivity contribution is 0.0213. The highest BCUT2D eigenvalue weighted by Crippen LogP contribution is 2.18. The average Bonchev–Trinajstić information content (AvgIpc) is 2.65. The van der Waals surface area contributed by atoms with Crippen LogP contribution in [0, 0.1) is 0 Å². The van der Waals surface area contributed by atoms with Crippen LogP contribution in [-0.4, -0.2) is 32.2 Å². The van der Waals surface area contributed by atoms with Crippen LogP contribution in [0.2, 0.25) is 0 Å². The molecule has 98 valence electrons. The molecule has 17 heavy (non-hydrogen) atoms. The van der Waals surface area contributed by atoms with Crippen LogP contribution in [-0.2, 0) is 13.6 Å². The third-order valence-electron chi connectivity index (χ3n) is 3.00. The Kier molecular flexibility index (Phi) is 5.58. The Balaban J connectivity index is 2.39. The van der Waals surface area contributed by atoms with Gasteiger partial charge in [0.25, 0.3) is 0 Å². The molecular weight excluding hydrogens is 216 g/mol. The van der Waals surface area contributed by atoms with Gasteiger partial charge >= 0.3 is 0 Å². The van der Waals surface area contributed by atoms with E-state index in [0.717, 1.165) is 31.4 Å². The predicted octanol–water partition coefficient (Wildman–Crippen LogP) is 1.24. The van der Waals surface area contributed by atoms with Gasteiger partial charge in [0.05, 0.1) is 17.5 Å². The second-order valence-electron chi connectivity index (χ2n) is 4.68. The molecule has 5 nitrogen and oxygen atoms in total. The van der Waals surface area contributed by atoms with Crippen LogP contribution in [0.4, 0.5) is 0 Å². The molecule has 1 heterocycles. The molecule has 2 N–H and O–H groups in total. The highest BCUT2D eigenvalue weighted by Gasteiger charge is 2.24. The van der Waals surface area contributed by atoms with E-state index in [0.29, 0.717) is 13.1 Å². The summed E-state index contributed by atoms with van der Waals surface area (Å²) in [4.78, 5) is 0. The highest BCUT2D eigenvalue weighted by atomic mass is 16.3. The van der Waals surface area contributed by atoms with E-state index in [-0.39, 0.29) is 0 Å². The van der Waals surface area contributed by atoms with Gasteiger partial charge in [-0.2, -0.15) is 0 Å². The summed E-state index contributed by atoms with van der Waals surface area (Å²) >= 11 is 0. The number of hydrogen-bond donors (Lipinski definition) is 2. The number of aromatic nitrogens is 3. The SMILES string of the molecule is CCCC(O)(CCC)CNCc1cnnn1C. The fourth-order valence-corrected chi connectivity index (χ4v) is 2.13. The van der Waals surface area contributed by atoms with Crippen LogP contribution in [0.3, 0.4) is 0 Å². The number of rotatable bonds is 8. The van der Waals surface area contributed by atoms with Gasteiger partial charge in [-0.25, -0.2) is 0 Å². The van der Waals surface area contributed by atoms with E-state index in [2.05, 4.69) is 29.5 Å². The van der Waals surface area contributed by atoms with Crippen molar-refractivity contribution in [3.05, 3.63) is 11.9 Å². The molecular formula is C12H24N4O. The van der Waals surface area contributed by atoms with E-state index in [1.165, 1.54) is 0 Å². The Morgan fingerprint density at radius 3 is 2.47 bits per heavy atom. The molecule has 0 aliphatic carbocycles. The molecule has 0 aliphatic heterocycles. The first-order chi connectivity index (χ1) is 8.11. The van der Waals surface area contributed by atoms with Gasteiger partial charge in [-0.1, -0.05) is 31.9 Å². The first kappa shape index (κ1) is 14.1. The van der Waals surface area contributed by atoms with E-state index in [4.69, 9.17) is 0 Å². The molecule has 0 aliphatic rings. The van der Waals surface area contributed by atoms with Crippen molar-refractivity contribution in [3.63, 3.8) is 0 Å². The predicted molar refractivity (Wildman–Crippen MR) is 67.5 cm³/mol. The molecule has 0 spiro atoms. The van der Waals surface area contributed by atoms with E-state index >= 15 is 0 Å². The third-order valence-corrected chi connectivity index (χ3v) is 3.00. The number of nitrogens with zero attached hydrogens (tertiary/aromatic N) is 3. The van der Waals surface area contributed by atoms with E-state index in [9.17, 15) is 5.11 Å². The maximum atomic E-state index is 10.4. The molecule has 0 unspecified atom stereocenters. The van der Waals surface area contributed by atoms with Crippen LogP contribution < -0.4 is 5.32 Å². The van der Waals surface area contributed by atoms with Gasteiger partial charge in [0.15, 0.2) is 0 Å². The molecule has 0 radical (unpaired) electrons. The van der Waals surface area contributed by atoms with Crippen molar-refractivity contribution in [3.8, 4) is 0 Å². The Morgan fingerprint density at radius 2 is 2.00 bits per heavy atom. The normalized spacial score (nSPS) is 12.0. The van der Waals surface area contributed by atoms with Crippen molar-refractivity contribution in [1.82, 2.24) is 20.3 Å². The zero-order valence-corrected chi connectivity index (χ0v) is 11.1. The Bertz CT molecular complexity index is 318. The maximum absolute atomic E-state index is 10.4. The van der Waals surface area contributed by atoms with Crippen LogP contribution >= 0.6 is 0 Å². The largest absolute Gasteiger partial charge is 0.389 e. The van der Waals surface area contributed by atoms with Crippen molar-refractivity contribution < 1.29 is 5.11 Å². The summed E-state index contributed by atoms with van der Waals surface area (Å²) in [5.41, 5.74) is 0.454. The van der Waals surface area contributed by atoms with Gasteiger partial charge in [-0.15, -0.1) is 5.10 Å². The standard InChI is InChI=1S/C12H24N4O/c1-4-6-12(17,7-5-2)10-13-8-11-9-14-15-16(11)3/h9,13,17H,4-8,10H2,1-3H3. The minimum absolute atomic E-state index is 0.574. The van der Waals surface area contributed by atoms with Gasteiger partial charge in [-0.05, 0) is 12.8 Å². The molecule has 0 fully saturated rings. The van der Waals surface area contributed by atoms with E-state index in [1.807, 2.05) is 7.05 Å². The molecule has 0 bridgehead atoms. The molecule has 5 heteroatoms. The van der Waals surface area contributed by atoms with Crippen molar-refractivity contribution in [2.45, 2.75) is 51.7 Å². The summed E-state index contributed by atoms with van der Waals surface area (Å²) in [5.74, 6) is 0. The van der Waals surface area contributed by atoms with Crippen molar-refractivity contribution in [1.29, 1.82) is 0 Å². The summed E-state index contributed by atoms with van der Waals surface area (Å²) in [7, 11) is 1.87. The average molecular weight is 240 g/mol. The van der Waals surface area contributed by atoms with E-state index < -0.39 is 5.60 Å². The summed E-state index contributed by atoms with van der Waals surface area (Å²) in [6.45, 7) is 5.52. The summed E-state index contributed by atoms with van der Waals surface area (Å²) in [6, 6.07) is 0. The highest BCUT2D eigenvalue weighted by molar-refractivity contribution is 4.93. The number of nitrogens with one attached hydrogen (secondary N) is 1. The van der Waals surface area contributed by atoms with Crippen molar-refractivity contribution in [2.24, 2.45) is 7.05 Å². The quantitative estimate of drug-likeness (QED) is 0.717. The summed E-state index contributed by atoms with van der Waals surface area (Å²) in [5, 5.41) is 21.4. The first-order valence-electron chi connectivity index (χ1n) is 6.38. The van der Waals surface area contributed by atoms with Crippen LogP contribution in [0.15, 0.2) is 6.20 Å². The molecule has 0 atom stereocenters. The van der Waals surface area contributed by atoms with Gasteiger partial charge in [-0.3, -0.25) is 4.68 Å². The van der Waals surface area contributed by atoms with Crippen molar-refractivity contribution in [2.75, 3.05) is 6.54 Å². The molecule has 0 saturated carbocycles. The van der Waals surface area contributed by atoms with Gasteiger partial charge < -0.3 is 10.4 Å². The number of aryl methyl sites for hydroxylation is 1. The molecule has 0 amide bonds. The molecule has 0 saturated heterocycles. The number of hydrogen-bond acceptors (Lipinski definition) is 4.